The zero-order valence-electron chi connectivity index (χ0n) is 3.14. The Morgan fingerprint density at radius 2 is 2.67 bits per heavy atom. The van der Waals surface area contributed by atoms with E-state index in [4.69, 9.17) is 5.26 Å². The van der Waals surface area contributed by atoms with Crippen LogP contribution in [0.4, 0.5) is 0 Å². The summed E-state index contributed by atoms with van der Waals surface area (Å²) in [4.78, 5) is 0. The van der Waals surface area contributed by atoms with Crippen LogP contribution in [0.1, 0.15) is 0 Å². The molecule has 6 heavy (non-hydrogen) atoms. The molecule has 0 unspecified atom stereocenters. The van der Waals surface area contributed by atoms with Gasteiger partial charge in [0.05, 0.1) is 11.6 Å². The van der Waals surface area contributed by atoms with Gasteiger partial charge in [0, 0.05) is 0 Å². The van der Waals surface area contributed by atoms with E-state index >= 15 is 0 Å². The number of hydrogen-bond donors (Lipinski definition) is 1. The maximum atomic E-state index is 7.82. The summed E-state index contributed by atoms with van der Waals surface area (Å²) in [6.07, 6.45) is 0. The predicted molar refractivity (Wildman–Crippen MR) is 27.3 cm³/mol. The smallest absolute Gasteiger partial charge is 0.103 e. The lowest BCUT2D eigenvalue weighted by molar-refractivity contribution is 1.09. The van der Waals surface area contributed by atoms with Gasteiger partial charge in [0.15, 0.2) is 0 Å². The molecule has 0 radical (unpaired) electrons. The van der Waals surface area contributed by atoms with Crippen molar-refractivity contribution in [3.63, 3.8) is 0 Å². The molecule has 0 atom stereocenters. The Labute approximate surface area is 41.8 Å². The molecule has 2 nitrogen and oxygen atoms in total. The third kappa shape index (κ3) is 3.38. The van der Waals surface area contributed by atoms with E-state index in [0.29, 0.717) is 6.54 Å². The van der Waals surface area contributed by atoms with Gasteiger partial charge in [-0.15, -0.1) is 0 Å². The Hall–Kier alpha value is -0.620. The van der Waals surface area contributed by atoms with Crippen LogP contribution in [0.15, 0.2) is 0 Å². The van der Waals surface area contributed by atoms with Crippen LogP contribution in [0.5, 0.6) is 0 Å². The first-order valence-corrected chi connectivity index (χ1v) is 1.93. The number of nitrogens with zero attached hydrogens (tertiary/aromatic N) is 1. The van der Waals surface area contributed by atoms with Gasteiger partial charge in [-0.3, -0.25) is 0 Å². The highest BCUT2D eigenvalue weighted by Gasteiger charge is 1.64. The molecule has 0 bridgehead atoms. The van der Waals surface area contributed by atoms with Gasteiger partial charge < -0.3 is 5.32 Å². The fourth-order valence-electron chi connectivity index (χ4n) is 0.0873. The molecular formula is C3H4N2S. The highest BCUT2D eigenvalue weighted by atomic mass is 32.1. The average molecular weight is 100 g/mol. The summed E-state index contributed by atoms with van der Waals surface area (Å²) in [5.41, 5.74) is 1.32. The number of rotatable bonds is 2. The van der Waals surface area contributed by atoms with Crippen molar-refractivity contribution in [1.82, 2.24) is 5.32 Å². The molecule has 0 aliphatic heterocycles. The molecule has 0 aliphatic rings. The lowest BCUT2D eigenvalue weighted by Gasteiger charge is -1.79. The molecule has 0 aromatic heterocycles. The molecule has 0 fully saturated rings. The van der Waals surface area contributed by atoms with Crippen molar-refractivity contribution >= 4 is 17.7 Å². The first kappa shape index (κ1) is 5.38. The van der Waals surface area contributed by atoms with Crippen molar-refractivity contribution < 1.29 is 0 Å². The van der Waals surface area contributed by atoms with Crippen molar-refractivity contribution in [1.29, 1.82) is 5.26 Å². The second-order valence-electron chi connectivity index (χ2n) is 0.657. The van der Waals surface area contributed by atoms with Gasteiger partial charge in [-0.05, 0) is 0 Å². The summed E-state index contributed by atoms with van der Waals surface area (Å²) in [5.74, 6) is 0. The molecule has 32 valence electrons. The molecule has 0 heterocycles. The average Bonchev–Trinajstić information content (AvgIpc) is 1.61. The van der Waals surface area contributed by atoms with E-state index in [-0.39, 0.29) is 0 Å². The summed E-state index contributed by atoms with van der Waals surface area (Å²) < 4.78 is 0. The topological polar surface area (TPSA) is 35.8 Å². The maximum absolute atomic E-state index is 7.82. The van der Waals surface area contributed by atoms with E-state index in [9.17, 15) is 0 Å². The largest absolute Gasteiger partial charge is 0.369 e. The summed E-state index contributed by atoms with van der Waals surface area (Å²) >= 11 is 4.33. The van der Waals surface area contributed by atoms with Crippen molar-refractivity contribution in [2.45, 2.75) is 0 Å². The van der Waals surface area contributed by atoms with Gasteiger partial charge in [0.1, 0.15) is 6.54 Å². The van der Waals surface area contributed by atoms with E-state index in [1.54, 1.807) is 0 Å². The Balaban J connectivity index is 2.72. The van der Waals surface area contributed by atoms with Crippen LogP contribution in [0.25, 0.3) is 0 Å². The van der Waals surface area contributed by atoms with E-state index in [1.807, 2.05) is 6.07 Å². The second-order valence-corrected chi connectivity index (χ2v) is 0.893. The number of nitriles is 1. The lowest BCUT2D eigenvalue weighted by Crippen LogP contribution is -2.07. The van der Waals surface area contributed by atoms with Crippen molar-refractivity contribution in [2.75, 3.05) is 6.54 Å². The number of hydrogen-bond acceptors (Lipinski definition) is 2. The third-order valence-corrected chi connectivity index (χ3v) is 0.431. The molecule has 0 rings (SSSR count). The standard InChI is InChI=1S/C3H4N2S/c4-1-2-5-3-6/h3H,2H2,(H,5,6). The van der Waals surface area contributed by atoms with E-state index < -0.39 is 0 Å². The van der Waals surface area contributed by atoms with Crippen LogP contribution in [-0.4, -0.2) is 12.0 Å². The first-order chi connectivity index (χ1) is 2.91. The fourth-order valence-corrected chi connectivity index (χ4v) is 0.171. The molecule has 3 heteroatoms. The quantitative estimate of drug-likeness (QED) is 0.303. The summed E-state index contributed by atoms with van der Waals surface area (Å²) in [6, 6.07) is 1.86. The van der Waals surface area contributed by atoms with Crippen molar-refractivity contribution in [3.05, 3.63) is 0 Å². The Morgan fingerprint density at radius 3 is 2.83 bits per heavy atom. The normalized spacial score (nSPS) is 5.83. The zero-order valence-corrected chi connectivity index (χ0v) is 3.96. The SMILES string of the molecule is N#CCNC=S. The first-order valence-electron chi connectivity index (χ1n) is 1.46. The number of nitrogens with one attached hydrogen (secondary N) is 1. The minimum absolute atomic E-state index is 0.309. The molecule has 0 aromatic carbocycles. The molecule has 0 saturated heterocycles. The van der Waals surface area contributed by atoms with Gasteiger partial charge in [-0.2, -0.15) is 5.26 Å². The summed E-state index contributed by atoms with van der Waals surface area (Å²) in [5, 5.41) is 10.3. The van der Waals surface area contributed by atoms with Crippen molar-refractivity contribution in [3.8, 4) is 6.07 Å². The van der Waals surface area contributed by atoms with Crippen molar-refractivity contribution in [2.24, 2.45) is 0 Å². The summed E-state index contributed by atoms with van der Waals surface area (Å²) in [7, 11) is 0. The minimum atomic E-state index is 0.309. The number of thiocarbonyl (C=S) groups is 1. The van der Waals surface area contributed by atoms with Crippen LogP contribution in [0, 0.1) is 11.3 Å². The van der Waals surface area contributed by atoms with Crippen LogP contribution in [-0.2, 0) is 0 Å². The second kappa shape index (κ2) is 4.38. The molecular weight excluding hydrogens is 96.1 g/mol. The van der Waals surface area contributed by atoms with E-state index in [1.165, 1.54) is 5.49 Å². The molecule has 0 spiro atoms. The molecule has 0 aliphatic carbocycles. The Bertz CT molecular complexity index is 73.4. The predicted octanol–water partition coefficient (Wildman–Crippen LogP) is 0.0568. The molecule has 1 N–H and O–H groups in total. The van der Waals surface area contributed by atoms with Gasteiger partial charge in [0.25, 0.3) is 0 Å². The minimum Gasteiger partial charge on any atom is -0.369 e. The van der Waals surface area contributed by atoms with Gasteiger partial charge in [-0.1, -0.05) is 12.2 Å². The summed E-state index contributed by atoms with van der Waals surface area (Å²) in [6.45, 7) is 0.309. The highest BCUT2D eigenvalue weighted by molar-refractivity contribution is 7.78. The fraction of sp³-hybridized carbons (Fsp3) is 0.333. The third-order valence-electron chi connectivity index (χ3n) is 0.264. The van der Waals surface area contributed by atoms with Crippen LogP contribution in [0.2, 0.25) is 0 Å². The van der Waals surface area contributed by atoms with E-state index in [2.05, 4.69) is 17.5 Å². The zero-order chi connectivity index (χ0) is 4.83. The van der Waals surface area contributed by atoms with E-state index in [0.717, 1.165) is 0 Å². The van der Waals surface area contributed by atoms with Crippen LogP contribution < -0.4 is 5.32 Å². The molecule has 0 saturated carbocycles. The maximum Gasteiger partial charge on any atom is 0.103 e. The Kier molecular flexibility index (Phi) is 3.93. The van der Waals surface area contributed by atoms with Crippen LogP contribution in [0.3, 0.4) is 0 Å². The monoisotopic (exact) mass is 100 g/mol. The lowest BCUT2D eigenvalue weighted by atomic mass is 10.7. The van der Waals surface area contributed by atoms with Gasteiger partial charge >= 0.3 is 0 Å². The molecule has 0 amide bonds. The van der Waals surface area contributed by atoms with Gasteiger partial charge in [-0.25, -0.2) is 0 Å². The Morgan fingerprint density at radius 1 is 2.00 bits per heavy atom. The molecule has 0 aromatic rings. The van der Waals surface area contributed by atoms with Gasteiger partial charge in [0.2, 0.25) is 0 Å². The van der Waals surface area contributed by atoms with Crippen LogP contribution >= 0.6 is 12.2 Å². The highest BCUT2D eigenvalue weighted by Crippen LogP contribution is 1.44.